The molecule has 0 aliphatic rings. The van der Waals surface area contributed by atoms with E-state index in [9.17, 15) is 8.42 Å². The lowest BCUT2D eigenvalue weighted by Gasteiger charge is -2.20. The SMILES string of the molecule is C#Cc1cccc(NS(=O)(=O)C(C)(C)C)c1. The minimum absolute atomic E-state index is 0.491. The standard InChI is InChI=1S/C12H15NO2S/c1-5-10-7-6-8-11(9-10)13-16(14,15)12(2,3)4/h1,6-9,13H,2-4H3. The van der Waals surface area contributed by atoms with Crippen molar-refractivity contribution in [2.45, 2.75) is 25.5 Å². The molecule has 0 radical (unpaired) electrons. The molecule has 3 nitrogen and oxygen atoms in total. The third-order valence-corrected chi connectivity index (χ3v) is 4.20. The fraction of sp³-hybridized carbons (Fsp3) is 0.333. The van der Waals surface area contributed by atoms with Gasteiger partial charge in [0.05, 0.1) is 4.75 Å². The number of rotatable bonds is 2. The largest absolute Gasteiger partial charge is 0.283 e. The summed E-state index contributed by atoms with van der Waals surface area (Å²) in [5.74, 6) is 2.46. The number of benzene rings is 1. The van der Waals surface area contributed by atoms with Crippen LogP contribution in [0.25, 0.3) is 0 Å². The number of nitrogens with one attached hydrogen (secondary N) is 1. The first-order valence-corrected chi connectivity index (χ1v) is 6.33. The second-order valence-electron chi connectivity index (χ2n) is 4.44. The number of anilines is 1. The van der Waals surface area contributed by atoms with Crippen molar-refractivity contribution in [2.75, 3.05) is 4.72 Å². The molecule has 0 spiro atoms. The Morgan fingerprint density at radius 1 is 1.31 bits per heavy atom. The Balaban J connectivity index is 3.03. The van der Waals surface area contributed by atoms with Gasteiger partial charge < -0.3 is 0 Å². The van der Waals surface area contributed by atoms with Gasteiger partial charge in [0, 0.05) is 11.3 Å². The lowest BCUT2D eigenvalue weighted by molar-refractivity contribution is 0.566. The first-order valence-electron chi connectivity index (χ1n) is 4.85. The molecule has 4 heteroatoms. The van der Waals surface area contributed by atoms with Crippen LogP contribution in [0.1, 0.15) is 26.3 Å². The molecule has 0 fully saturated rings. The number of hydrogen-bond donors (Lipinski definition) is 1. The van der Waals surface area contributed by atoms with Gasteiger partial charge in [0.2, 0.25) is 10.0 Å². The van der Waals surface area contributed by atoms with E-state index >= 15 is 0 Å². The molecular weight excluding hydrogens is 222 g/mol. The van der Waals surface area contributed by atoms with Crippen LogP contribution in [-0.4, -0.2) is 13.2 Å². The zero-order chi connectivity index (χ0) is 12.4. The number of hydrogen-bond acceptors (Lipinski definition) is 2. The van der Waals surface area contributed by atoms with Crippen LogP contribution in [0.15, 0.2) is 24.3 Å². The van der Waals surface area contributed by atoms with Gasteiger partial charge >= 0.3 is 0 Å². The number of sulfonamides is 1. The molecule has 0 saturated heterocycles. The molecular formula is C12H15NO2S. The summed E-state index contributed by atoms with van der Waals surface area (Å²) < 4.78 is 25.4. The molecule has 1 rings (SSSR count). The first kappa shape index (κ1) is 12.6. The summed E-state index contributed by atoms with van der Waals surface area (Å²) in [6.45, 7) is 4.92. The molecule has 0 aromatic heterocycles. The van der Waals surface area contributed by atoms with E-state index in [0.717, 1.165) is 0 Å². The monoisotopic (exact) mass is 237 g/mol. The average Bonchev–Trinajstić information content (AvgIpc) is 2.15. The van der Waals surface area contributed by atoms with Crippen LogP contribution >= 0.6 is 0 Å². The van der Waals surface area contributed by atoms with Crippen molar-refractivity contribution in [2.24, 2.45) is 0 Å². The zero-order valence-corrected chi connectivity index (χ0v) is 10.4. The molecule has 0 saturated carbocycles. The fourth-order valence-corrected chi connectivity index (χ4v) is 1.72. The Labute approximate surface area is 96.9 Å². The highest BCUT2D eigenvalue weighted by Gasteiger charge is 2.28. The van der Waals surface area contributed by atoms with Gasteiger partial charge in [-0.05, 0) is 39.0 Å². The average molecular weight is 237 g/mol. The third-order valence-electron chi connectivity index (χ3n) is 2.09. The normalized spacial score (nSPS) is 11.9. The maximum absolute atomic E-state index is 11.9. The van der Waals surface area contributed by atoms with Crippen LogP contribution in [0.4, 0.5) is 5.69 Å². The van der Waals surface area contributed by atoms with E-state index in [4.69, 9.17) is 6.42 Å². The van der Waals surface area contributed by atoms with Gasteiger partial charge in [-0.15, -0.1) is 6.42 Å². The minimum Gasteiger partial charge on any atom is -0.283 e. The van der Waals surface area contributed by atoms with Crippen molar-refractivity contribution in [1.29, 1.82) is 0 Å². The van der Waals surface area contributed by atoms with E-state index in [1.54, 1.807) is 45.0 Å². The van der Waals surface area contributed by atoms with E-state index < -0.39 is 14.8 Å². The maximum atomic E-state index is 11.9. The van der Waals surface area contributed by atoms with Gasteiger partial charge in [-0.3, -0.25) is 4.72 Å². The second-order valence-corrected chi connectivity index (χ2v) is 6.88. The van der Waals surface area contributed by atoms with Gasteiger partial charge in [0.15, 0.2) is 0 Å². The van der Waals surface area contributed by atoms with Crippen molar-refractivity contribution in [3.63, 3.8) is 0 Å². The van der Waals surface area contributed by atoms with Crippen LogP contribution < -0.4 is 4.72 Å². The van der Waals surface area contributed by atoms with E-state index in [1.165, 1.54) is 0 Å². The van der Waals surface area contributed by atoms with E-state index in [1.807, 2.05) is 0 Å². The minimum atomic E-state index is -3.39. The highest BCUT2D eigenvalue weighted by atomic mass is 32.2. The topological polar surface area (TPSA) is 46.2 Å². The highest BCUT2D eigenvalue weighted by molar-refractivity contribution is 7.94. The quantitative estimate of drug-likeness (QED) is 0.802. The van der Waals surface area contributed by atoms with Crippen LogP contribution in [0.2, 0.25) is 0 Å². The fourth-order valence-electron chi connectivity index (χ4n) is 0.981. The Kier molecular flexibility index (Phi) is 3.30. The second kappa shape index (κ2) is 4.18. The van der Waals surface area contributed by atoms with Crippen molar-refractivity contribution < 1.29 is 8.42 Å². The van der Waals surface area contributed by atoms with Gasteiger partial charge in [0.1, 0.15) is 0 Å². The van der Waals surface area contributed by atoms with Gasteiger partial charge in [-0.25, -0.2) is 8.42 Å². The Bertz CT molecular complexity index is 519. The van der Waals surface area contributed by atoms with Crippen LogP contribution in [-0.2, 0) is 10.0 Å². The molecule has 0 heterocycles. The summed E-state index contributed by atoms with van der Waals surface area (Å²) in [5.41, 5.74) is 1.14. The molecule has 0 aliphatic heterocycles. The molecule has 1 N–H and O–H groups in total. The summed E-state index contributed by atoms with van der Waals surface area (Å²) in [6, 6.07) is 6.76. The van der Waals surface area contributed by atoms with Crippen molar-refractivity contribution in [3.8, 4) is 12.3 Å². The van der Waals surface area contributed by atoms with E-state index in [0.29, 0.717) is 11.3 Å². The van der Waals surface area contributed by atoms with Crippen LogP contribution in [0.3, 0.4) is 0 Å². The maximum Gasteiger partial charge on any atom is 0.237 e. The predicted molar refractivity (Wildman–Crippen MR) is 66.7 cm³/mol. The lowest BCUT2D eigenvalue weighted by atomic mass is 10.2. The Morgan fingerprint density at radius 3 is 2.44 bits per heavy atom. The molecule has 1 aromatic rings. The summed E-state index contributed by atoms with van der Waals surface area (Å²) in [7, 11) is -3.39. The molecule has 0 aliphatic carbocycles. The summed E-state index contributed by atoms with van der Waals surface area (Å²) in [6.07, 6.45) is 5.24. The zero-order valence-electron chi connectivity index (χ0n) is 9.61. The van der Waals surface area contributed by atoms with Crippen molar-refractivity contribution >= 4 is 15.7 Å². The smallest absolute Gasteiger partial charge is 0.237 e. The molecule has 0 bridgehead atoms. The molecule has 1 aromatic carbocycles. The first-order chi connectivity index (χ1) is 7.26. The summed E-state index contributed by atoms with van der Waals surface area (Å²) in [5, 5.41) is 0. The summed E-state index contributed by atoms with van der Waals surface area (Å²) in [4.78, 5) is 0. The van der Waals surface area contributed by atoms with E-state index in [-0.39, 0.29) is 0 Å². The molecule has 0 unspecified atom stereocenters. The Hall–Kier alpha value is -1.47. The molecule has 0 amide bonds. The van der Waals surface area contributed by atoms with Gasteiger partial charge in [-0.2, -0.15) is 0 Å². The predicted octanol–water partition coefficient (Wildman–Crippen LogP) is 2.21. The number of terminal acetylenes is 1. The van der Waals surface area contributed by atoms with Crippen molar-refractivity contribution in [1.82, 2.24) is 0 Å². The van der Waals surface area contributed by atoms with Gasteiger partial charge in [0.25, 0.3) is 0 Å². The van der Waals surface area contributed by atoms with E-state index in [2.05, 4.69) is 10.6 Å². The lowest BCUT2D eigenvalue weighted by Crippen LogP contribution is -2.33. The van der Waals surface area contributed by atoms with Gasteiger partial charge in [-0.1, -0.05) is 12.0 Å². The molecule has 16 heavy (non-hydrogen) atoms. The summed E-state index contributed by atoms with van der Waals surface area (Å²) >= 11 is 0. The third kappa shape index (κ3) is 2.77. The Morgan fingerprint density at radius 2 is 1.94 bits per heavy atom. The molecule has 0 atom stereocenters. The highest BCUT2D eigenvalue weighted by Crippen LogP contribution is 2.19. The van der Waals surface area contributed by atoms with Crippen LogP contribution in [0, 0.1) is 12.3 Å². The van der Waals surface area contributed by atoms with Crippen LogP contribution in [0.5, 0.6) is 0 Å². The molecule has 86 valence electrons. The van der Waals surface area contributed by atoms with Crippen molar-refractivity contribution in [3.05, 3.63) is 29.8 Å².